The van der Waals surface area contributed by atoms with Crippen LogP contribution in [0.1, 0.15) is 94.9 Å². The second kappa shape index (κ2) is 117. The Morgan fingerprint density at radius 1 is 0.357 bits per heavy atom. The quantitative estimate of drug-likeness (QED) is 0.472. The Kier molecular flexibility index (Phi) is 244. The summed E-state index contributed by atoms with van der Waals surface area (Å²) in [5, 5.41) is 0. The summed E-state index contributed by atoms with van der Waals surface area (Å²) < 4.78 is 0. The van der Waals surface area contributed by atoms with Gasteiger partial charge < -0.3 is 0 Å². The third-order valence-electron chi connectivity index (χ3n) is 1.000. The molecule has 94 valence electrons. The summed E-state index contributed by atoms with van der Waals surface area (Å²) in [5.41, 5.74) is 0. The monoisotopic (exact) mass is 206 g/mol. The standard InChI is InChI=1S/2C4H10.3C2H6/c2*1-3-4-2;3*1-2/h2*3-4H2,1-2H3;3*1-2H3. The molecule has 0 aliphatic rings. The van der Waals surface area contributed by atoms with Crippen molar-refractivity contribution in [3.63, 3.8) is 0 Å². The molecule has 0 heteroatoms. The Morgan fingerprint density at radius 2 is 0.429 bits per heavy atom. The van der Waals surface area contributed by atoms with Gasteiger partial charge in [0.25, 0.3) is 0 Å². The zero-order valence-corrected chi connectivity index (χ0v) is 12.8. The van der Waals surface area contributed by atoms with E-state index in [1.165, 1.54) is 25.7 Å². The molecular weight excluding hydrogens is 168 g/mol. The first-order valence-corrected chi connectivity index (χ1v) is 6.83. The fourth-order valence-corrected chi connectivity index (χ4v) is 0. The van der Waals surface area contributed by atoms with Crippen LogP contribution in [0.3, 0.4) is 0 Å². The van der Waals surface area contributed by atoms with Gasteiger partial charge in [-0.1, -0.05) is 94.9 Å². The van der Waals surface area contributed by atoms with Gasteiger partial charge in [-0.15, -0.1) is 0 Å². The lowest BCUT2D eigenvalue weighted by atomic mass is 10.4. The maximum absolute atomic E-state index is 2.18. The van der Waals surface area contributed by atoms with Crippen LogP contribution in [0.2, 0.25) is 0 Å². The molecule has 0 radical (unpaired) electrons. The largest absolute Gasteiger partial charge is 0.0683 e. The molecular formula is C14H38. The Balaban J connectivity index is -0.0000000255. The van der Waals surface area contributed by atoms with E-state index >= 15 is 0 Å². The van der Waals surface area contributed by atoms with Crippen molar-refractivity contribution in [2.75, 3.05) is 0 Å². The van der Waals surface area contributed by atoms with Gasteiger partial charge in [-0.25, -0.2) is 0 Å². The van der Waals surface area contributed by atoms with E-state index in [0.29, 0.717) is 0 Å². The molecule has 0 aromatic carbocycles. The molecule has 0 rings (SSSR count). The smallest absolute Gasteiger partial charge is 0.0564 e. The number of hydrogen-bond donors (Lipinski definition) is 0. The van der Waals surface area contributed by atoms with Gasteiger partial charge in [-0.3, -0.25) is 0 Å². The van der Waals surface area contributed by atoms with Crippen molar-refractivity contribution < 1.29 is 0 Å². The molecule has 0 aromatic rings. The molecule has 0 spiro atoms. The molecule has 14 heavy (non-hydrogen) atoms. The lowest BCUT2D eigenvalue weighted by Crippen LogP contribution is -1.47. The van der Waals surface area contributed by atoms with Crippen LogP contribution in [0.15, 0.2) is 0 Å². The van der Waals surface area contributed by atoms with Crippen LogP contribution in [0, 0.1) is 0 Å². The fourth-order valence-electron chi connectivity index (χ4n) is 0. The van der Waals surface area contributed by atoms with Crippen LogP contribution in [-0.4, -0.2) is 0 Å². The Morgan fingerprint density at radius 3 is 0.429 bits per heavy atom. The topological polar surface area (TPSA) is 0 Å². The SMILES string of the molecule is CC.CC.CC.CCCC.CCCC. The lowest BCUT2D eigenvalue weighted by Gasteiger charge is -1.68. The van der Waals surface area contributed by atoms with E-state index in [-0.39, 0.29) is 0 Å². The molecule has 0 unspecified atom stereocenters. The zero-order valence-electron chi connectivity index (χ0n) is 12.8. The Bertz CT molecular complexity index is 8.00. The molecule has 0 atom stereocenters. The highest BCUT2D eigenvalue weighted by Gasteiger charge is 1.56. The van der Waals surface area contributed by atoms with Crippen molar-refractivity contribution >= 4 is 0 Å². The molecule has 0 saturated heterocycles. The second-order valence-corrected chi connectivity index (χ2v) is 2.00. The zero-order chi connectivity index (χ0) is 12.8. The summed E-state index contributed by atoms with van der Waals surface area (Å²) in [5.74, 6) is 0. The van der Waals surface area contributed by atoms with Crippen LogP contribution in [0.5, 0.6) is 0 Å². The van der Waals surface area contributed by atoms with Crippen LogP contribution in [0.4, 0.5) is 0 Å². The van der Waals surface area contributed by atoms with Crippen LogP contribution < -0.4 is 0 Å². The van der Waals surface area contributed by atoms with Gasteiger partial charge in [-0.2, -0.15) is 0 Å². The van der Waals surface area contributed by atoms with Crippen LogP contribution in [0.25, 0.3) is 0 Å². The molecule has 0 aliphatic carbocycles. The third kappa shape index (κ3) is 363. The van der Waals surface area contributed by atoms with Gasteiger partial charge in [0.15, 0.2) is 0 Å². The predicted octanol–water partition coefficient (Wildman–Crippen LogP) is 6.69. The first-order valence-electron chi connectivity index (χ1n) is 6.83. The molecule has 0 bridgehead atoms. The van der Waals surface area contributed by atoms with Crippen molar-refractivity contribution in [1.82, 2.24) is 0 Å². The minimum atomic E-state index is 1.32. The number of hydrogen-bond acceptors (Lipinski definition) is 0. The third-order valence-corrected chi connectivity index (χ3v) is 1.000. The molecule has 0 aliphatic heterocycles. The first kappa shape index (κ1) is 29.2. The summed E-state index contributed by atoms with van der Waals surface area (Å²) in [7, 11) is 0. The van der Waals surface area contributed by atoms with E-state index in [1.807, 2.05) is 41.5 Å². The summed E-state index contributed by atoms with van der Waals surface area (Å²) >= 11 is 0. The van der Waals surface area contributed by atoms with E-state index in [2.05, 4.69) is 27.7 Å². The van der Waals surface area contributed by atoms with Crippen molar-refractivity contribution in [3.8, 4) is 0 Å². The van der Waals surface area contributed by atoms with Gasteiger partial charge >= 0.3 is 0 Å². The molecule has 0 fully saturated rings. The van der Waals surface area contributed by atoms with Crippen molar-refractivity contribution in [2.24, 2.45) is 0 Å². The highest BCUT2D eigenvalue weighted by Crippen LogP contribution is 1.77. The fraction of sp³-hybridized carbons (Fsp3) is 1.00. The van der Waals surface area contributed by atoms with E-state index < -0.39 is 0 Å². The van der Waals surface area contributed by atoms with E-state index in [4.69, 9.17) is 0 Å². The molecule has 0 N–H and O–H groups in total. The number of rotatable bonds is 2. The Hall–Kier alpha value is 0. The molecule has 0 amide bonds. The maximum Gasteiger partial charge on any atom is -0.0564 e. The van der Waals surface area contributed by atoms with E-state index in [1.54, 1.807) is 0 Å². The van der Waals surface area contributed by atoms with E-state index in [0.717, 1.165) is 0 Å². The van der Waals surface area contributed by atoms with Gasteiger partial charge in [0.2, 0.25) is 0 Å². The lowest BCUT2D eigenvalue weighted by molar-refractivity contribution is 0.886. The minimum absolute atomic E-state index is 1.32. The number of unbranched alkanes of at least 4 members (excludes halogenated alkanes) is 2. The van der Waals surface area contributed by atoms with E-state index in [9.17, 15) is 0 Å². The summed E-state index contributed by atoms with van der Waals surface area (Å²) in [6.45, 7) is 20.7. The van der Waals surface area contributed by atoms with Crippen molar-refractivity contribution in [2.45, 2.75) is 94.9 Å². The highest BCUT2D eigenvalue weighted by atomic mass is 13.6. The van der Waals surface area contributed by atoms with Crippen molar-refractivity contribution in [1.29, 1.82) is 0 Å². The average molecular weight is 206 g/mol. The van der Waals surface area contributed by atoms with Gasteiger partial charge in [-0.05, 0) is 0 Å². The normalized spacial score (nSPS) is 5.57. The van der Waals surface area contributed by atoms with Gasteiger partial charge in [0.05, 0.1) is 0 Å². The molecule has 0 aromatic heterocycles. The summed E-state index contributed by atoms with van der Waals surface area (Å²) in [4.78, 5) is 0. The predicted molar refractivity (Wildman–Crippen MR) is 75.2 cm³/mol. The Labute approximate surface area is 95.5 Å². The summed E-state index contributed by atoms with van der Waals surface area (Å²) in [6, 6.07) is 0. The van der Waals surface area contributed by atoms with Gasteiger partial charge in [0, 0.05) is 0 Å². The van der Waals surface area contributed by atoms with Gasteiger partial charge in [0.1, 0.15) is 0 Å². The molecule has 0 nitrogen and oxygen atoms in total. The van der Waals surface area contributed by atoms with Crippen molar-refractivity contribution in [3.05, 3.63) is 0 Å². The van der Waals surface area contributed by atoms with Crippen LogP contribution in [-0.2, 0) is 0 Å². The summed E-state index contributed by atoms with van der Waals surface area (Å²) in [6.07, 6.45) is 5.28. The molecule has 0 saturated carbocycles. The second-order valence-electron chi connectivity index (χ2n) is 2.00. The highest BCUT2D eigenvalue weighted by molar-refractivity contribution is 4.13. The molecule has 0 heterocycles. The maximum atomic E-state index is 2.18. The minimum Gasteiger partial charge on any atom is -0.0683 e. The van der Waals surface area contributed by atoms with Crippen LogP contribution >= 0.6 is 0 Å². The average Bonchev–Trinajstić information content (AvgIpc) is 2.36. The first-order chi connectivity index (χ1) is 6.83.